The zero-order chi connectivity index (χ0) is 57.1. The van der Waals surface area contributed by atoms with Gasteiger partial charge in [-0.1, -0.05) is 367 Å². The summed E-state index contributed by atoms with van der Waals surface area (Å²) in [5, 5.41) is 0. The highest BCUT2D eigenvalue weighted by Gasteiger charge is 2.20. The Bertz CT molecular complexity index is 1230. The molecule has 79 heavy (non-hydrogen) atoms. The summed E-state index contributed by atoms with van der Waals surface area (Å²) in [5.74, 6) is -0.824. The molecule has 1 unspecified atom stereocenters. The minimum Gasteiger partial charge on any atom is -0.462 e. The van der Waals surface area contributed by atoms with Crippen LogP contribution in [0.2, 0.25) is 0 Å². The van der Waals surface area contributed by atoms with Crippen molar-refractivity contribution in [3.63, 3.8) is 0 Å². The van der Waals surface area contributed by atoms with Gasteiger partial charge in [-0.2, -0.15) is 0 Å². The summed E-state index contributed by atoms with van der Waals surface area (Å²) >= 11 is 0. The maximum atomic E-state index is 13.0. The zero-order valence-corrected chi connectivity index (χ0v) is 53.9. The second-order valence-electron chi connectivity index (χ2n) is 24.9. The number of unbranched alkanes of at least 4 members (excludes halogenated alkanes) is 55. The number of esters is 3. The van der Waals surface area contributed by atoms with Gasteiger partial charge in [0, 0.05) is 19.3 Å². The van der Waals surface area contributed by atoms with Crippen molar-refractivity contribution in [1.29, 1.82) is 0 Å². The van der Waals surface area contributed by atoms with E-state index in [2.05, 4.69) is 32.9 Å². The Hall–Kier alpha value is -1.85. The summed E-state index contributed by atoms with van der Waals surface area (Å²) in [7, 11) is 0. The van der Waals surface area contributed by atoms with E-state index in [9.17, 15) is 14.4 Å². The fraction of sp³-hybridized carbons (Fsp3) is 0.932. The third-order valence-corrected chi connectivity index (χ3v) is 16.8. The van der Waals surface area contributed by atoms with Crippen molar-refractivity contribution in [3.05, 3.63) is 12.2 Å². The first-order valence-corrected chi connectivity index (χ1v) is 36.2. The summed E-state index contributed by atoms with van der Waals surface area (Å²) < 4.78 is 17.0. The molecule has 0 aliphatic carbocycles. The molecule has 0 fully saturated rings. The smallest absolute Gasteiger partial charge is 0.306 e. The third-order valence-electron chi connectivity index (χ3n) is 16.8. The van der Waals surface area contributed by atoms with Gasteiger partial charge in [-0.05, 0) is 44.9 Å². The second kappa shape index (κ2) is 68.6. The van der Waals surface area contributed by atoms with Gasteiger partial charge in [0.2, 0.25) is 0 Å². The Labute approximate surface area is 494 Å². The van der Waals surface area contributed by atoms with Crippen LogP contribution in [-0.2, 0) is 28.6 Å². The van der Waals surface area contributed by atoms with Crippen molar-refractivity contribution in [2.24, 2.45) is 0 Å². The maximum absolute atomic E-state index is 13.0. The van der Waals surface area contributed by atoms with Crippen LogP contribution in [0.25, 0.3) is 0 Å². The predicted octanol–water partition coefficient (Wildman–Crippen LogP) is 24.8. The van der Waals surface area contributed by atoms with E-state index in [1.165, 1.54) is 321 Å². The molecule has 0 aliphatic rings. The van der Waals surface area contributed by atoms with Gasteiger partial charge in [0.05, 0.1) is 0 Å². The fourth-order valence-electron chi connectivity index (χ4n) is 11.3. The molecule has 0 aromatic carbocycles. The van der Waals surface area contributed by atoms with Gasteiger partial charge >= 0.3 is 17.9 Å². The Balaban J connectivity index is 4.20. The summed E-state index contributed by atoms with van der Waals surface area (Å²) in [6, 6.07) is 0. The van der Waals surface area contributed by atoms with Gasteiger partial charge in [0.1, 0.15) is 13.2 Å². The van der Waals surface area contributed by atoms with Crippen LogP contribution >= 0.6 is 0 Å². The molecule has 0 radical (unpaired) electrons. The molecule has 0 aromatic rings. The molecule has 0 N–H and O–H groups in total. The minimum atomic E-state index is -0.765. The first-order valence-electron chi connectivity index (χ1n) is 36.2. The lowest BCUT2D eigenvalue weighted by atomic mass is 10.0. The fourth-order valence-corrected chi connectivity index (χ4v) is 11.3. The van der Waals surface area contributed by atoms with Crippen molar-refractivity contribution in [2.75, 3.05) is 13.2 Å². The molecule has 6 nitrogen and oxygen atoms in total. The summed E-state index contributed by atoms with van der Waals surface area (Å²) in [6.07, 6.45) is 82.5. The number of hydrogen-bond acceptors (Lipinski definition) is 6. The van der Waals surface area contributed by atoms with E-state index >= 15 is 0 Å². The summed E-state index contributed by atoms with van der Waals surface area (Å²) in [4.78, 5) is 38.4. The molecule has 0 bridgehead atoms. The molecule has 468 valence electrons. The summed E-state index contributed by atoms with van der Waals surface area (Å²) in [5.41, 5.74) is 0. The van der Waals surface area contributed by atoms with E-state index in [0.717, 1.165) is 57.8 Å². The molecule has 0 saturated heterocycles. The molecule has 1 atom stereocenters. The van der Waals surface area contributed by atoms with Crippen molar-refractivity contribution < 1.29 is 28.6 Å². The molecule has 6 heteroatoms. The van der Waals surface area contributed by atoms with E-state index in [0.29, 0.717) is 19.3 Å². The van der Waals surface area contributed by atoms with Crippen LogP contribution in [0.15, 0.2) is 12.2 Å². The quantitative estimate of drug-likeness (QED) is 0.0261. The highest BCUT2D eigenvalue weighted by molar-refractivity contribution is 5.71. The third kappa shape index (κ3) is 66.8. The molecular formula is C73H140O6. The van der Waals surface area contributed by atoms with Crippen molar-refractivity contribution in [3.8, 4) is 0 Å². The van der Waals surface area contributed by atoms with Gasteiger partial charge in [-0.3, -0.25) is 14.4 Å². The number of allylic oxidation sites excluding steroid dienone is 2. The molecule has 0 heterocycles. The maximum Gasteiger partial charge on any atom is 0.306 e. The van der Waals surface area contributed by atoms with Gasteiger partial charge in [0.15, 0.2) is 6.10 Å². The number of hydrogen-bond donors (Lipinski definition) is 0. The standard InChI is InChI=1S/C73H140O6/c1-4-7-10-13-16-19-22-25-28-30-32-34-35-36-37-38-39-40-42-43-45-48-51-54-57-60-63-66-72(75)78-69-70(68-77-71(74)65-62-59-56-53-50-47-27-24-21-18-15-12-9-6-3)79-73(76)67-64-61-58-55-52-49-46-44-41-33-31-29-26-23-20-17-14-11-8-5-2/h30,32,70H,4-29,31,33-69H2,1-3H3/b32-30-. The lowest BCUT2D eigenvalue weighted by molar-refractivity contribution is -0.167. The summed E-state index contributed by atoms with van der Waals surface area (Å²) in [6.45, 7) is 6.74. The first kappa shape index (κ1) is 77.2. The number of ether oxygens (including phenoxy) is 3. The molecule has 0 rings (SSSR count). The topological polar surface area (TPSA) is 78.9 Å². The van der Waals surface area contributed by atoms with E-state index in [1.54, 1.807) is 0 Å². The van der Waals surface area contributed by atoms with Gasteiger partial charge < -0.3 is 14.2 Å². The van der Waals surface area contributed by atoms with Crippen LogP contribution in [0, 0.1) is 0 Å². The lowest BCUT2D eigenvalue weighted by Gasteiger charge is -2.18. The highest BCUT2D eigenvalue weighted by atomic mass is 16.6. The van der Waals surface area contributed by atoms with Crippen molar-refractivity contribution in [2.45, 2.75) is 425 Å². The monoisotopic (exact) mass is 1110 g/mol. The van der Waals surface area contributed by atoms with E-state index in [-0.39, 0.29) is 31.1 Å². The Morgan fingerprint density at radius 1 is 0.241 bits per heavy atom. The first-order chi connectivity index (χ1) is 39.0. The average Bonchev–Trinajstić information content (AvgIpc) is 3.45. The van der Waals surface area contributed by atoms with Crippen LogP contribution in [0.5, 0.6) is 0 Å². The molecule has 0 aliphatic heterocycles. The largest absolute Gasteiger partial charge is 0.462 e. The van der Waals surface area contributed by atoms with Gasteiger partial charge in [-0.15, -0.1) is 0 Å². The van der Waals surface area contributed by atoms with Gasteiger partial charge in [0.25, 0.3) is 0 Å². The highest BCUT2D eigenvalue weighted by Crippen LogP contribution is 2.19. The SMILES string of the molecule is CCCCCCCCCC/C=C\CCCCCCCCCCCCCCCCCC(=O)OCC(COC(=O)CCCCCCCCCCCCCCCC)OC(=O)CCCCCCCCCCCCCCCCCCCCCC. The number of rotatable bonds is 68. The molecule has 0 spiro atoms. The van der Waals surface area contributed by atoms with Crippen LogP contribution in [0.1, 0.15) is 419 Å². The average molecular weight is 1110 g/mol. The van der Waals surface area contributed by atoms with Crippen molar-refractivity contribution >= 4 is 17.9 Å². The molecule has 0 saturated carbocycles. The Kier molecular flexibility index (Phi) is 67.0. The Morgan fingerprint density at radius 3 is 0.633 bits per heavy atom. The number of carbonyl (C=O) groups is 3. The van der Waals surface area contributed by atoms with E-state index in [4.69, 9.17) is 14.2 Å². The number of carbonyl (C=O) groups excluding carboxylic acids is 3. The van der Waals surface area contributed by atoms with Crippen LogP contribution in [0.4, 0.5) is 0 Å². The lowest BCUT2D eigenvalue weighted by Crippen LogP contribution is -2.30. The normalized spacial score (nSPS) is 12.0. The zero-order valence-electron chi connectivity index (χ0n) is 53.9. The second-order valence-corrected chi connectivity index (χ2v) is 24.9. The predicted molar refractivity (Wildman–Crippen MR) is 344 cm³/mol. The Morgan fingerprint density at radius 2 is 0.418 bits per heavy atom. The minimum absolute atomic E-state index is 0.0621. The molecule has 0 amide bonds. The van der Waals surface area contributed by atoms with Crippen molar-refractivity contribution in [1.82, 2.24) is 0 Å². The van der Waals surface area contributed by atoms with E-state index < -0.39 is 6.10 Å². The molecule has 0 aromatic heterocycles. The molecular weight excluding hydrogens is 973 g/mol. The van der Waals surface area contributed by atoms with E-state index in [1.807, 2.05) is 0 Å². The van der Waals surface area contributed by atoms with Crippen LogP contribution in [-0.4, -0.2) is 37.2 Å². The van der Waals surface area contributed by atoms with Gasteiger partial charge in [-0.25, -0.2) is 0 Å². The van der Waals surface area contributed by atoms with Crippen LogP contribution in [0.3, 0.4) is 0 Å². The van der Waals surface area contributed by atoms with Crippen LogP contribution < -0.4 is 0 Å².